The van der Waals surface area contributed by atoms with Crippen molar-refractivity contribution in [3.05, 3.63) is 76.5 Å². The Morgan fingerprint density at radius 1 is 1.11 bits per heavy atom. The van der Waals surface area contributed by atoms with Crippen LogP contribution < -0.4 is 9.91 Å². The van der Waals surface area contributed by atoms with Crippen molar-refractivity contribution in [1.29, 1.82) is 0 Å². The van der Waals surface area contributed by atoms with Gasteiger partial charge in [0.15, 0.2) is 0 Å². The van der Waals surface area contributed by atoms with Crippen LogP contribution >= 0.6 is 11.6 Å². The normalized spacial score (nSPS) is 19.5. The van der Waals surface area contributed by atoms with Crippen LogP contribution in [0.3, 0.4) is 0 Å². The lowest BCUT2D eigenvalue weighted by Gasteiger charge is -2.23. The third kappa shape index (κ3) is 4.56. The Morgan fingerprint density at radius 3 is 2.53 bits per heavy atom. The summed E-state index contributed by atoms with van der Waals surface area (Å²) in [6.07, 6.45) is 4.91. The molecule has 8 nitrogen and oxygen atoms in total. The molecule has 2 aromatic rings. The van der Waals surface area contributed by atoms with Gasteiger partial charge in [0.25, 0.3) is 15.9 Å². The predicted molar refractivity (Wildman–Crippen MR) is 145 cm³/mol. The van der Waals surface area contributed by atoms with Crippen LogP contribution in [-0.4, -0.2) is 52.4 Å². The molecular formula is C26H28ClN5O3S. The van der Waals surface area contributed by atoms with Gasteiger partial charge in [0, 0.05) is 43.0 Å². The molecule has 2 aliphatic rings. The lowest BCUT2D eigenvalue weighted by atomic mass is 9.83. The first-order valence-corrected chi connectivity index (χ1v) is 13.1. The summed E-state index contributed by atoms with van der Waals surface area (Å²) >= 11 is 6.25. The number of allylic oxidation sites excluding steroid dienone is 3. The summed E-state index contributed by atoms with van der Waals surface area (Å²) < 4.78 is 28.8. The molecule has 0 aliphatic carbocycles. The molecule has 188 valence electrons. The van der Waals surface area contributed by atoms with Crippen molar-refractivity contribution in [2.75, 3.05) is 31.1 Å². The van der Waals surface area contributed by atoms with E-state index in [0.29, 0.717) is 22.0 Å². The molecule has 0 radical (unpaired) electrons. The molecule has 2 heterocycles. The zero-order valence-corrected chi connectivity index (χ0v) is 22.6. The molecule has 2 aliphatic heterocycles. The van der Waals surface area contributed by atoms with Crippen molar-refractivity contribution in [2.45, 2.75) is 31.1 Å². The topological polar surface area (TPSA) is 85.6 Å². The van der Waals surface area contributed by atoms with E-state index in [9.17, 15) is 13.2 Å². The van der Waals surface area contributed by atoms with Gasteiger partial charge in [-0.15, -0.1) is 4.40 Å². The smallest absolute Gasteiger partial charge is 0.283 e. The molecule has 36 heavy (non-hydrogen) atoms. The van der Waals surface area contributed by atoms with Gasteiger partial charge in [0.05, 0.1) is 21.9 Å². The van der Waals surface area contributed by atoms with Gasteiger partial charge in [0.1, 0.15) is 6.34 Å². The minimum Gasteiger partial charge on any atom is -0.368 e. The van der Waals surface area contributed by atoms with Gasteiger partial charge in [-0.25, -0.2) is 0 Å². The molecule has 0 aromatic heterocycles. The Kier molecular flexibility index (Phi) is 6.57. The van der Waals surface area contributed by atoms with Gasteiger partial charge < -0.3 is 9.80 Å². The quantitative estimate of drug-likeness (QED) is 0.324. The maximum Gasteiger partial charge on any atom is 0.283 e. The summed E-state index contributed by atoms with van der Waals surface area (Å²) in [5.41, 5.74) is 4.19. The van der Waals surface area contributed by atoms with Gasteiger partial charge in [-0.2, -0.15) is 18.5 Å². The zero-order chi connectivity index (χ0) is 26.4. The molecule has 0 fully saturated rings. The van der Waals surface area contributed by atoms with E-state index in [0.717, 1.165) is 16.9 Å². The van der Waals surface area contributed by atoms with E-state index in [1.165, 1.54) is 28.4 Å². The number of carbonyl (C=O) groups is 1. The number of hydrazone groups is 1. The number of likely N-dealkylation sites (N-methyl/N-ethyl adjacent to an activating group) is 1. The fourth-order valence-electron chi connectivity index (χ4n) is 4.35. The van der Waals surface area contributed by atoms with E-state index < -0.39 is 10.0 Å². The minimum absolute atomic E-state index is 0.0240. The number of rotatable bonds is 5. The van der Waals surface area contributed by atoms with Gasteiger partial charge >= 0.3 is 0 Å². The SMILES string of the molecule is CC1=NN(c2cccc(S(=O)(=O)N=CN(C)C)c2)C(=O)/C1=C\C=C1\N(C)c2ccc(Cl)cc2C1(C)C. The standard InChI is InChI=1S/C26H28ClN5O3S/c1-17-21(11-13-24-26(2,3)22-14-18(27)10-12-23(22)31(24)6)25(33)32(29-17)19-8-7-9-20(15-19)36(34,35)28-16-30(4)5/h7-16H,1-6H3/b21-11-,24-13+,28-16?. The van der Waals surface area contributed by atoms with E-state index >= 15 is 0 Å². The molecule has 0 unspecified atom stereocenters. The number of nitrogens with zero attached hydrogens (tertiary/aromatic N) is 5. The number of carbonyl (C=O) groups excluding carboxylic acids is 1. The maximum atomic E-state index is 13.3. The predicted octanol–water partition coefficient (Wildman–Crippen LogP) is 4.58. The highest BCUT2D eigenvalue weighted by atomic mass is 35.5. The van der Waals surface area contributed by atoms with Crippen LogP contribution in [0.1, 0.15) is 26.3 Å². The Bertz CT molecular complexity index is 1470. The molecule has 0 saturated heterocycles. The van der Waals surface area contributed by atoms with Gasteiger partial charge in [-0.3, -0.25) is 4.79 Å². The zero-order valence-electron chi connectivity index (χ0n) is 21.0. The van der Waals surface area contributed by atoms with Crippen LogP contribution in [0.2, 0.25) is 5.02 Å². The molecule has 4 rings (SSSR count). The van der Waals surface area contributed by atoms with Crippen molar-refractivity contribution in [1.82, 2.24) is 4.90 Å². The van der Waals surface area contributed by atoms with Crippen molar-refractivity contribution in [3.8, 4) is 0 Å². The largest absolute Gasteiger partial charge is 0.368 e. The van der Waals surface area contributed by atoms with E-state index in [4.69, 9.17) is 11.6 Å². The summed E-state index contributed by atoms with van der Waals surface area (Å²) in [7, 11) is 1.42. The van der Waals surface area contributed by atoms with Gasteiger partial charge in [0.2, 0.25) is 0 Å². The highest BCUT2D eigenvalue weighted by molar-refractivity contribution is 7.90. The molecule has 0 saturated carbocycles. The van der Waals surface area contributed by atoms with E-state index in [1.807, 2.05) is 31.3 Å². The van der Waals surface area contributed by atoms with Crippen LogP contribution in [0.5, 0.6) is 0 Å². The second kappa shape index (κ2) is 9.22. The van der Waals surface area contributed by atoms with E-state index in [1.54, 1.807) is 39.2 Å². The molecule has 0 bridgehead atoms. The average Bonchev–Trinajstić information content (AvgIpc) is 3.20. The van der Waals surface area contributed by atoms with E-state index in [2.05, 4.69) is 28.2 Å². The van der Waals surface area contributed by atoms with Crippen molar-refractivity contribution in [3.63, 3.8) is 0 Å². The number of halogens is 1. The number of hydrogen-bond acceptors (Lipinski definition) is 5. The summed E-state index contributed by atoms with van der Waals surface area (Å²) in [6.45, 7) is 5.98. The summed E-state index contributed by atoms with van der Waals surface area (Å²) in [5, 5.41) is 6.29. The molecule has 10 heteroatoms. The summed E-state index contributed by atoms with van der Waals surface area (Å²) in [4.78, 5) is 16.9. The monoisotopic (exact) mass is 525 g/mol. The van der Waals surface area contributed by atoms with Crippen molar-refractivity contribution < 1.29 is 13.2 Å². The number of hydrogen-bond donors (Lipinski definition) is 0. The number of anilines is 2. The highest BCUT2D eigenvalue weighted by Gasteiger charge is 2.38. The molecule has 1 amide bonds. The third-order valence-corrected chi connectivity index (χ3v) is 7.70. The van der Waals surface area contributed by atoms with Crippen molar-refractivity contribution >= 4 is 51.0 Å². The van der Waals surface area contributed by atoms with Gasteiger partial charge in [-0.05, 0) is 61.0 Å². The molecule has 0 atom stereocenters. The lowest BCUT2D eigenvalue weighted by Crippen LogP contribution is -2.23. The molecule has 0 N–H and O–H groups in total. The van der Waals surface area contributed by atoms with Crippen LogP contribution in [0.4, 0.5) is 11.4 Å². The van der Waals surface area contributed by atoms with Crippen LogP contribution in [0.25, 0.3) is 0 Å². The Labute approximate surface area is 216 Å². The first-order chi connectivity index (χ1) is 16.8. The van der Waals surface area contributed by atoms with Gasteiger partial charge in [-0.1, -0.05) is 31.5 Å². The van der Waals surface area contributed by atoms with Crippen LogP contribution in [0, 0.1) is 0 Å². The van der Waals surface area contributed by atoms with Crippen LogP contribution in [0.15, 0.2) is 80.3 Å². The number of benzene rings is 2. The molecule has 2 aromatic carbocycles. The summed E-state index contributed by atoms with van der Waals surface area (Å²) in [6, 6.07) is 11.9. The minimum atomic E-state index is -3.92. The first kappa shape index (κ1) is 25.7. The Hall–Kier alpha value is -3.43. The third-order valence-electron chi connectivity index (χ3n) is 6.24. The first-order valence-electron chi connectivity index (χ1n) is 11.3. The molecule has 0 spiro atoms. The van der Waals surface area contributed by atoms with Crippen LogP contribution in [-0.2, 0) is 20.2 Å². The number of amides is 1. The maximum absolute atomic E-state index is 13.3. The Morgan fingerprint density at radius 2 is 1.83 bits per heavy atom. The fourth-order valence-corrected chi connectivity index (χ4v) is 5.48. The second-order valence-electron chi connectivity index (χ2n) is 9.44. The Balaban J connectivity index is 1.65. The number of fused-ring (bicyclic) bond motifs is 1. The second-order valence-corrected chi connectivity index (χ2v) is 11.5. The average molecular weight is 526 g/mol. The number of sulfonamides is 1. The summed E-state index contributed by atoms with van der Waals surface area (Å²) in [5.74, 6) is -0.338. The highest BCUT2D eigenvalue weighted by Crippen LogP contribution is 2.47. The van der Waals surface area contributed by atoms with E-state index in [-0.39, 0.29) is 16.2 Å². The lowest BCUT2D eigenvalue weighted by molar-refractivity contribution is -0.114. The fraction of sp³-hybridized carbons (Fsp3) is 0.269. The molecular weight excluding hydrogens is 498 g/mol. The van der Waals surface area contributed by atoms with Crippen molar-refractivity contribution in [2.24, 2.45) is 9.50 Å².